The Morgan fingerprint density at radius 2 is 1.25 bits per heavy atom. The van der Waals surface area contributed by atoms with Crippen LogP contribution in [0.2, 0.25) is 18.1 Å². The number of hydrogen-bond acceptors (Lipinski definition) is 2. The highest BCUT2D eigenvalue weighted by atomic mass is 28.4. The second-order valence-electron chi connectivity index (χ2n) is 4.48. The van der Waals surface area contributed by atoms with Crippen LogP contribution in [0.1, 0.15) is 47.0 Å². The zero-order valence-electron chi connectivity index (χ0n) is 11.7. The van der Waals surface area contributed by atoms with Gasteiger partial charge in [-0.05, 0) is 25.1 Å². The SMILES string of the molecule is CCC[Si](CCC)(CCC)OCCOCC. The predicted octanol–water partition coefficient (Wildman–Crippen LogP) is 4.22. The molecule has 0 aliphatic heterocycles. The topological polar surface area (TPSA) is 18.5 Å². The Morgan fingerprint density at radius 3 is 1.62 bits per heavy atom. The molecule has 0 aromatic rings. The van der Waals surface area contributed by atoms with Crippen molar-refractivity contribution in [3.8, 4) is 0 Å². The molecule has 0 aromatic heterocycles. The van der Waals surface area contributed by atoms with Crippen LogP contribution in [-0.4, -0.2) is 28.1 Å². The molecule has 0 N–H and O–H groups in total. The van der Waals surface area contributed by atoms with Crippen molar-refractivity contribution in [2.24, 2.45) is 0 Å². The van der Waals surface area contributed by atoms with E-state index in [9.17, 15) is 0 Å². The van der Waals surface area contributed by atoms with E-state index in [4.69, 9.17) is 9.16 Å². The third-order valence-corrected chi connectivity index (χ3v) is 8.01. The normalized spacial score (nSPS) is 12.0. The van der Waals surface area contributed by atoms with Gasteiger partial charge in [-0.1, -0.05) is 40.0 Å². The first-order valence-electron chi connectivity index (χ1n) is 6.96. The van der Waals surface area contributed by atoms with Crippen LogP contribution in [0.5, 0.6) is 0 Å². The molecule has 0 saturated carbocycles. The molecule has 0 rings (SSSR count). The van der Waals surface area contributed by atoms with Crippen molar-refractivity contribution in [2.75, 3.05) is 19.8 Å². The molecule has 0 saturated heterocycles. The average Bonchev–Trinajstić information content (AvgIpc) is 2.26. The summed E-state index contributed by atoms with van der Waals surface area (Å²) in [5.74, 6) is 0. The largest absolute Gasteiger partial charge is 0.414 e. The summed E-state index contributed by atoms with van der Waals surface area (Å²) in [6.45, 7) is 11.2. The summed E-state index contributed by atoms with van der Waals surface area (Å²) in [5, 5.41) is 0. The van der Waals surface area contributed by atoms with E-state index in [0.717, 1.165) is 19.8 Å². The van der Waals surface area contributed by atoms with Gasteiger partial charge in [0.05, 0.1) is 13.2 Å². The van der Waals surface area contributed by atoms with E-state index in [2.05, 4.69) is 20.8 Å². The molecular weight excluding hydrogens is 216 g/mol. The van der Waals surface area contributed by atoms with Crippen molar-refractivity contribution < 1.29 is 9.16 Å². The van der Waals surface area contributed by atoms with Gasteiger partial charge in [-0.15, -0.1) is 0 Å². The zero-order valence-corrected chi connectivity index (χ0v) is 12.7. The lowest BCUT2D eigenvalue weighted by Gasteiger charge is -2.31. The minimum absolute atomic E-state index is 0.766. The first-order valence-corrected chi connectivity index (χ1v) is 9.49. The second-order valence-corrected chi connectivity index (χ2v) is 8.63. The Hall–Kier alpha value is 0.137. The molecule has 16 heavy (non-hydrogen) atoms. The lowest BCUT2D eigenvalue weighted by molar-refractivity contribution is 0.105. The van der Waals surface area contributed by atoms with Gasteiger partial charge in [0.2, 0.25) is 0 Å². The van der Waals surface area contributed by atoms with Crippen LogP contribution in [-0.2, 0) is 9.16 Å². The molecule has 0 amide bonds. The van der Waals surface area contributed by atoms with Crippen molar-refractivity contribution in [1.82, 2.24) is 0 Å². The third-order valence-electron chi connectivity index (χ3n) is 2.96. The Labute approximate surface area is 103 Å². The molecule has 0 bridgehead atoms. The van der Waals surface area contributed by atoms with Gasteiger partial charge >= 0.3 is 0 Å². The summed E-state index contributed by atoms with van der Waals surface area (Å²) in [6.07, 6.45) is 3.79. The molecule has 0 fully saturated rings. The van der Waals surface area contributed by atoms with Gasteiger partial charge in [0.25, 0.3) is 0 Å². The average molecular weight is 246 g/mol. The van der Waals surface area contributed by atoms with Gasteiger partial charge in [0.1, 0.15) is 0 Å². The highest BCUT2D eigenvalue weighted by molar-refractivity contribution is 6.73. The summed E-state index contributed by atoms with van der Waals surface area (Å²) in [7, 11) is -1.43. The van der Waals surface area contributed by atoms with Crippen molar-refractivity contribution in [2.45, 2.75) is 65.1 Å². The maximum absolute atomic E-state index is 6.27. The molecule has 98 valence electrons. The van der Waals surface area contributed by atoms with Crippen LogP contribution in [0.3, 0.4) is 0 Å². The van der Waals surface area contributed by atoms with Gasteiger partial charge in [0, 0.05) is 6.61 Å². The third kappa shape index (κ3) is 6.66. The maximum Gasteiger partial charge on any atom is 0.192 e. The number of rotatable bonds is 11. The first kappa shape index (κ1) is 16.1. The van der Waals surface area contributed by atoms with Gasteiger partial charge in [-0.25, -0.2) is 0 Å². The molecule has 0 aliphatic rings. The van der Waals surface area contributed by atoms with Crippen molar-refractivity contribution in [3.05, 3.63) is 0 Å². The summed E-state index contributed by atoms with van der Waals surface area (Å²) >= 11 is 0. The smallest absolute Gasteiger partial charge is 0.192 e. The van der Waals surface area contributed by atoms with Crippen LogP contribution < -0.4 is 0 Å². The minimum atomic E-state index is -1.43. The predicted molar refractivity (Wildman–Crippen MR) is 73.5 cm³/mol. The van der Waals surface area contributed by atoms with Crippen molar-refractivity contribution in [3.63, 3.8) is 0 Å². The van der Waals surface area contributed by atoms with E-state index in [1.54, 1.807) is 0 Å². The van der Waals surface area contributed by atoms with Crippen molar-refractivity contribution >= 4 is 8.32 Å². The van der Waals surface area contributed by atoms with Crippen LogP contribution >= 0.6 is 0 Å². The molecule has 0 spiro atoms. The summed E-state index contributed by atoms with van der Waals surface area (Å²) in [4.78, 5) is 0. The van der Waals surface area contributed by atoms with E-state index in [0.29, 0.717) is 0 Å². The fraction of sp³-hybridized carbons (Fsp3) is 1.00. The molecular formula is C13H30O2Si. The van der Waals surface area contributed by atoms with Gasteiger partial charge < -0.3 is 9.16 Å². The molecule has 0 unspecified atom stereocenters. The van der Waals surface area contributed by atoms with E-state index in [1.807, 2.05) is 6.92 Å². The summed E-state index contributed by atoms with van der Waals surface area (Å²) in [5.41, 5.74) is 0. The standard InChI is InChI=1S/C13H30O2Si/c1-5-11-16(12-6-2,13-7-3)15-10-9-14-8-4/h5-13H2,1-4H3. The number of hydrogen-bond donors (Lipinski definition) is 0. The Kier molecular flexibility index (Phi) is 10.4. The molecule has 2 nitrogen and oxygen atoms in total. The fourth-order valence-corrected chi connectivity index (χ4v) is 6.85. The van der Waals surface area contributed by atoms with Gasteiger partial charge in [-0.2, -0.15) is 0 Å². The summed E-state index contributed by atoms with van der Waals surface area (Å²) < 4.78 is 11.6. The van der Waals surface area contributed by atoms with E-state index in [1.165, 1.54) is 37.4 Å². The van der Waals surface area contributed by atoms with E-state index >= 15 is 0 Å². The molecule has 0 radical (unpaired) electrons. The maximum atomic E-state index is 6.27. The molecule has 0 atom stereocenters. The summed E-state index contributed by atoms with van der Waals surface area (Å²) in [6, 6.07) is 3.96. The monoisotopic (exact) mass is 246 g/mol. The molecule has 0 heterocycles. The zero-order chi connectivity index (χ0) is 12.3. The van der Waals surface area contributed by atoms with Crippen LogP contribution in [0, 0.1) is 0 Å². The van der Waals surface area contributed by atoms with Crippen LogP contribution in [0.15, 0.2) is 0 Å². The first-order chi connectivity index (χ1) is 7.74. The quantitative estimate of drug-likeness (QED) is 0.401. The number of ether oxygens (including phenoxy) is 1. The lowest BCUT2D eigenvalue weighted by atomic mass is 10.6. The van der Waals surface area contributed by atoms with Crippen LogP contribution in [0.4, 0.5) is 0 Å². The fourth-order valence-electron chi connectivity index (χ4n) is 2.42. The van der Waals surface area contributed by atoms with Gasteiger partial charge in [-0.3, -0.25) is 0 Å². The highest BCUT2D eigenvalue weighted by Crippen LogP contribution is 2.27. The van der Waals surface area contributed by atoms with E-state index in [-0.39, 0.29) is 0 Å². The highest BCUT2D eigenvalue weighted by Gasteiger charge is 2.31. The van der Waals surface area contributed by atoms with E-state index < -0.39 is 8.32 Å². The Morgan fingerprint density at radius 1 is 0.750 bits per heavy atom. The molecule has 0 aliphatic carbocycles. The molecule has 0 aromatic carbocycles. The minimum Gasteiger partial charge on any atom is -0.414 e. The van der Waals surface area contributed by atoms with Gasteiger partial charge in [0.15, 0.2) is 8.32 Å². The Balaban J connectivity index is 4.12. The second kappa shape index (κ2) is 10.3. The molecule has 3 heteroatoms. The van der Waals surface area contributed by atoms with Crippen molar-refractivity contribution in [1.29, 1.82) is 0 Å². The Bertz CT molecular complexity index is 134. The van der Waals surface area contributed by atoms with Crippen LogP contribution in [0.25, 0.3) is 0 Å². The lowest BCUT2D eigenvalue weighted by Crippen LogP contribution is -2.38.